The molecule has 1 amide bonds. The van der Waals surface area contributed by atoms with E-state index in [2.05, 4.69) is 24.5 Å². The first-order valence-corrected chi connectivity index (χ1v) is 7.44. The van der Waals surface area contributed by atoms with Crippen LogP contribution in [0, 0.1) is 5.92 Å². The number of hydrogen-bond donors (Lipinski definition) is 2. The molecule has 2 N–H and O–H groups in total. The second-order valence-electron chi connectivity index (χ2n) is 4.55. The summed E-state index contributed by atoms with van der Waals surface area (Å²) >= 11 is 0. The van der Waals surface area contributed by atoms with Crippen molar-refractivity contribution >= 4 is 16.7 Å². The second kappa shape index (κ2) is 8.70. The van der Waals surface area contributed by atoms with E-state index in [1.807, 2.05) is 6.92 Å². The first-order chi connectivity index (χ1) is 7.41. The highest BCUT2D eigenvalue weighted by Crippen LogP contribution is 1.92. The van der Waals surface area contributed by atoms with Gasteiger partial charge in [-0.05, 0) is 19.3 Å². The highest BCUT2D eigenvalue weighted by molar-refractivity contribution is 7.84. The van der Waals surface area contributed by atoms with Crippen LogP contribution in [0.15, 0.2) is 0 Å². The molecule has 0 fully saturated rings. The number of carbonyl (C=O) groups excluding carboxylic acids is 1. The van der Waals surface area contributed by atoms with Crippen LogP contribution < -0.4 is 10.6 Å². The van der Waals surface area contributed by atoms with E-state index in [0.29, 0.717) is 24.8 Å². The fourth-order valence-corrected chi connectivity index (χ4v) is 1.78. The van der Waals surface area contributed by atoms with Crippen LogP contribution in [-0.4, -0.2) is 41.3 Å². The third-order valence-corrected chi connectivity index (χ3v) is 2.97. The molecule has 0 aliphatic carbocycles. The van der Waals surface area contributed by atoms with Gasteiger partial charge in [-0.3, -0.25) is 9.00 Å². The van der Waals surface area contributed by atoms with Crippen molar-refractivity contribution in [3.05, 3.63) is 0 Å². The maximum Gasteiger partial charge on any atom is 0.233 e. The Kier molecular flexibility index (Phi) is 8.47. The lowest BCUT2D eigenvalue weighted by Crippen LogP contribution is -2.39. The quantitative estimate of drug-likeness (QED) is 0.658. The molecule has 0 bridgehead atoms. The van der Waals surface area contributed by atoms with Crippen LogP contribution in [0.25, 0.3) is 0 Å². The van der Waals surface area contributed by atoms with Crippen molar-refractivity contribution in [2.45, 2.75) is 33.2 Å². The highest BCUT2D eigenvalue weighted by atomic mass is 32.2. The van der Waals surface area contributed by atoms with Gasteiger partial charge in [0.05, 0.1) is 6.54 Å². The van der Waals surface area contributed by atoms with E-state index >= 15 is 0 Å². The fourth-order valence-electron chi connectivity index (χ4n) is 1.09. The Morgan fingerprint density at radius 2 is 1.94 bits per heavy atom. The molecule has 0 spiro atoms. The molecule has 0 aromatic rings. The molecule has 0 aromatic heterocycles. The molecule has 2 atom stereocenters. The lowest BCUT2D eigenvalue weighted by atomic mass is 10.2. The largest absolute Gasteiger partial charge is 0.355 e. The van der Waals surface area contributed by atoms with Crippen LogP contribution in [0.2, 0.25) is 0 Å². The summed E-state index contributed by atoms with van der Waals surface area (Å²) in [5.74, 6) is 1.18. The van der Waals surface area contributed by atoms with Crippen molar-refractivity contribution in [3.63, 3.8) is 0 Å². The van der Waals surface area contributed by atoms with Gasteiger partial charge in [0.25, 0.3) is 0 Å². The standard InChI is InChI=1S/C11H24N2O2S/c1-9(2)7-13-11(14)8-12-10(3)5-6-16(4)15/h9-10,12H,5-8H2,1-4H3,(H,13,14). The third kappa shape index (κ3) is 10.1. The second-order valence-corrected chi connectivity index (χ2v) is 6.10. The Balaban J connectivity index is 3.54. The van der Waals surface area contributed by atoms with E-state index in [-0.39, 0.29) is 11.9 Å². The first-order valence-electron chi connectivity index (χ1n) is 5.72. The van der Waals surface area contributed by atoms with Crippen molar-refractivity contribution < 1.29 is 9.00 Å². The van der Waals surface area contributed by atoms with Crippen LogP contribution in [0.3, 0.4) is 0 Å². The summed E-state index contributed by atoms with van der Waals surface area (Å²) in [5, 5.41) is 5.96. The zero-order chi connectivity index (χ0) is 12.6. The Bertz CT molecular complexity index is 232. The van der Waals surface area contributed by atoms with Crippen molar-refractivity contribution in [2.24, 2.45) is 5.92 Å². The molecule has 96 valence electrons. The van der Waals surface area contributed by atoms with E-state index in [1.165, 1.54) is 0 Å². The number of carbonyl (C=O) groups is 1. The summed E-state index contributed by atoms with van der Waals surface area (Å²) in [6, 6.07) is 0.230. The van der Waals surface area contributed by atoms with Gasteiger partial charge in [0.2, 0.25) is 5.91 Å². The number of nitrogens with one attached hydrogen (secondary N) is 2. The van der Waals surface area contributed by atoms with Gasteiger partial charge in [0, 0.05) is 35.4 Å². The normalized spacial score (nSPS) is 14.8. The van der Waals surface area contributed by atoms with Gasteiger partial charge in [-0.1, -0.05) is 13.8 Å². The number of rotatable bonds is 8. The molecule has 0 rings (SSSR count). The van der Waals surface area contributed by atoms with Crippen molar-refractivity contribution in [3.8, 4) is 0 Å². The van der Waals surface area contributed by atoms with Crippen LogP contribution in [-0.2, 0) is 15.6 Å². The Hall–Kier alpha value is -0.420. The summed E-state index contributed by atoms with van der Waals surface area (Å²) in [6.45, 7) is 7.18. The Morgan fingerprint density at radius 3 is 2.44 bits per heavy atom. The summed E-state index contributed by atoms with van der Waals surface area (Å²) in [7, 11) is -0.751. The zero-order valence-corrected chi connectivity index (χ0v) is 11.5. The van der Waals surface area contributed by atoms with Gasteiger partial charge in [0.1, 0.15) is 0 Å². The SMILES string of the molecule is CC(C)CNC(=O)CNC(C)CCS(C)=O. The molecular weight excluding hydrogens is 224 g/mol. The van der Waals surface area contributed by atoms with Crippen LogP contribution in [0.1, 0.15) is 27.2 Å². The molecule has 4 nitrogen and oxygen atoms in total. The fraction of sp³-hybridized carbons (Fsp3) is 0.909. The summed E-state index contributed by atoms with van der Waals surface area (Å²) < 4.78 is 10.9. The van der Waals surface area contributed by atoms with Crippen LogP contribution >= 0.6 is 0 Å². The van der Waals surface area contributed by atoms with Gasteiger partial charge >= 0.3 is 0 Å². The molecule has 0 radical (unpaired) electrons. The predicted octanol–water partition coefficient (Wildman–Crippen LogP) is 0.505. The van der Waals surface area contributed by atoms with E-state index in [9.17, 15) is 9.00 Å². The molecule has 0 heterocycles. The minimum absolute atomic E-state index is 0.0261. The maximum absolute atomic E-state index is 11.4. The van der Waals surface area contributed by atoms with Gasteiger partial charge < -0.3 is 10.6 Å². The molecule has 16 heavy (non-hydrogen) atoms. The minimum atomic E-state index is -0.751. The average molecular weight is 248 g/mol. The first kappa shape index (κ1) is 15.6. The Morgan fingerprint density at radius 1 is 1.31 bits per heavy atom. The molecule has 5 heteroatoms. The molecule has 0 saturated heterocycles. The predicted molar refractivity (Wildman–Crippen MR) is 68.9 cm³/mol. The summed E-state index contributed by atoms with van der Waals surface area (Å²) in [6.07, 6.45) is 2.53. The van der Waals surface area contributed by atoms with Crippen molar-refractivity contribution in [1.29, 1.82) is 0 Å². The smallest absolute Gasteiger partial charge is 0.233 e. The summed E-state index contributed by atoms with van der Waals surface area (Å²) in [4.78, 5) is 11.4. The van der Waals surface area contributed by atoms with Crippen LogP contribution in [0.5, 0.6) is 0 Å². The molecule has 2 unspecified atom stereocenters. The third-order valence-electron chi connectivity index (χ3n) is 2.16. The lowest BCUT2D eigenvalue weighted by Gasteiger charge is -2.13. The Labute approximate surface area is 101 Å². The maximum atomic E-state index is 11.4. The van der Waals surface area contributed by atoms with E-state index in [1.54, 1.807) is 6.26 Å². The minimum Gasteiger partial charge on any atom is -0.355 e. The molecule has 0 aliphatic heterocycles. The highest BCUT2D eigenvalue weighted by Gasteiger charge is 2.06. The lowest BCUT2D eigenvalue weighted by molar-refractivity contribution is -0.120. The van der Waals surface area contributed by atoms with Gasteiger partial charge in [-0.25, -0.2) is 0 Å². The zero-order valence-electron chi connectivity index (χ0n) is 10.7. The number of amides is 1. The van der Waals surface area contributed by atoms with Gasteiger partial charge in [-0.2, -0.15) is 0 Å². The van der Waals surface area contributed by atoms with E-state index in [0.717, 1.165) is 6.42 Å². The topological polar surface area (TPSA) is 58.2 Å². The van der Waals surface area contributed by atoms with Gasteiger partial charge in [0.15, 0.2) is 0 Å². The van der Waals surface area contributed by atoms with Crippen LogP contribution in [0.4, 0.5) is 0 Å². The molecule has 0 aliphatic rings. The molecule has 0 saturated carbocycles. The van der Waals surface area contributed by atoms with Crippen molar-refractivity contribution in [1.82, 2.24) is 10.6 Å². The number of hydrogen-bond acceptors (Lipinski definition) is 3. The summed E-state index contributed by atoms with van der Waals surface area (Å²) in [5.41, 5.74) is 0. The van der Waals surface area contributed by atoms with E-state index < -0.39 is 10.8 Å². The molecule has 0 aromatic carbocycles. The van der Waals surface area contributed by atoms with Crippen molar-refractivity contribution in [2.75, 3.05) is 25.1 Å². The monoisotopic (exact) mass is 248 g/mol. The molecular formula is C11H24N2O2S. The van der Waals surface area contributed by atoms with E-state index in [4.69, 9.17) is 0 Å². The average Bonchev–Trinajstić information content (AvgIpc) is 2.20. The van der Waals surface area contributed by atoms with Gasteiger partial charge in [-0.15, -0.1) is 0 Å².